The molecule has 0 saturated carbocycles. The molecular weight excluding hydrogens is 733 g/mol. The van der Waals surface area contributed by atoms with Crippen molar-refractivity contribution in [1.82, 2.24) is 9.55 Å². The molecule has 5 rings (SSSR count). The lowest BCUT2D eigenvalue weighted by atomic mass is 9.78. The third kappa shape index (κ3) is 9.86. The Balaban J connectivity index is 1.76. The molecular formula is C40H48N2O12S. The summed E-state index contributed by atoms with van der Waals surface area (Å²) in [5.41, 5.74) is -2.66. The van der Waals surface area contributed by atoms with E-state index in [-0.39, 0.29) is 43.3 Å². The molecule has 1 fully saturated rings. The molecule has 2 heterocycles. The van der Waals surface area contributed by atoms with Gasteiger partial charge < -0.3 is 28.4 Å². The van der Waals surface area contributed by atoms with Gasteiger partial charge in [-0.15, -0.1) is 0 Å². The lowest BCUT2D eigenvalue weighted by molar-refractivity contribution is -0.279. The zero-order valence-electron chi connectivity index (χ0n) is 31.8. The first kappa shape index (κ1) is 41.7. The number of aromatic nitrogens is 2. The summed E-state index contributed by atoms with van der Waals surface area (Å²) >= 11 is 0. The fourth-order valence-electron chi connectivity index (χ4n) is 6.36. The number of methoxy groups -OCH3 is 1. The van der Waals surface area contributed by atoms with E-state index in [9.17, 15) is 22.8 Å². The van der Waals surface area contributed by atoms with Crippen LogP contribution in [-0.2, 0) is 60.7 Å². The standard InChI is InChI=1S/C40H48N2O12S/c1-28-17-19-33(20-18-28)55(46,47)52-27-39(26-49-24-31-13-9-7-10-14-31)40(21-22-50-30(3)43,51-25-32-15-11-8-12-16-32)34(53-38(4,5)48-6)36(54-39)42-23-29(2)35(44)41-37(42)45/h7-20,23,34,36H,21-22,24-27H2,1-6H3,(H,41,44,45)/t34-,36+,39-,40-/m0/s1. The molecule has 1 aromatic heterocycles. The number of hydrogen-bond acceptors (Lipinski definition) is 12. The molecule has 0 aliphatic carbocycles. The minimum atomic E-state index is -4.45. The second-order valence-corrected chi connectivity index (χ2v) is 15.5. The van der Waals surface area contributed by atoms with E-state index in [4.69, 9.17) is 32.6 Å². The van der Waals surface area contributed by atoms with Gasteiger partial charge in [-0.1, -0.05) is 78.4 Å². The zero-order chi connectivity index (χ0) is 39.9. The minimum absolute atomic E-state index is 0.0623. The van der Waals surface area contributed by atoms with E-state index >= 15 is 0 Å². The van der Waals surface area contributed by atoms with Crippen LogP contribution in [0, 0.1) is 13.8 Å². The van der Waals surface area contributed by atoms with E-state index in [2.05, 4.69) is 4.98 Å². The van der Waals surface area contributed by atoms with Crippen molar-refractivity contribution >= 4 is 16.1 Å². The summed E-state index contributed by atoms with van der Waals surface area (Å²) in [6, 6.07) is 24.6. The Bertz CT molecular complexity index is 2120. The number of benzene rings is 3. The molecule has 1 N–H and O–H groups in total. The first-order valence-electron chi connectivity index (χ1n) is 17.7. The third-order valence-electron chi connectivity index (χ3n) is 9.48. The Labute approximate surface area is 320 Å². The van der Waals surface area contributed by atoms with Gasteiger partial charge in [-0.25, -0.2) is 4.79 Å². The van der Waals surface area contributed by atoms with E-state index in [1.54, 1.807) is 26.0 Å². The molecule has 1 saturated heterocycles. The second kappa shape index (κ2) is 17.5. The third-order valence-corrected chi connectivity index (χ3v) is 10.8. The van der Waals surface area contributed by atoms with Crippen LogP contribution in [0.25, 0.3) is 0 Å². The van der Waals surface area contributed by atoms with Crippen molar-refractivity contribution in [2.24, 2.45) is 0 Å². The average molecular weight is 781 g/mol. The molecule has 3 aromatic carbocycles. The highest BCUT2D eigenvalue weighted by Crippen LogP contribution is 2.52. The van der Waals surface area contributed by atoms with Gasteiger partial charge in [0.25, 0.3) is 15.7 Å². The summed E-state index contributed by atoms with van der Waals surface area (Å²) in [5.74, 6) is -1.95. The quantitative estimate of drug-likeness (QED) is 0.0839. The Morgan fingerprint density at radius 2 is 1.53 bits per heavy atom. The number of ether oxygens (including phenoxy) is 6. The van der Waals surface area contributed by atoms with Gasteiger partial charge in [-0.05, 0) is 51.0 Å². The summed E-state index contributed by atoms with van der Waals surface area (Å²) in [6.45, 7) is 6.53. The fourth-order valence-corrected chi connectivity index (χ4v) is 7.31. The number of carbonyl (C=O) groups excluding carboxylic acids is 1. The van der Waals surface area contributed by atoms with Gasteiger partial charge >= 0.3 is 11.7 Å². The Kier molecular flexibility index (Phi) is 13.3. The van der Waals surface area contributed by atoms with Crippen LogP contribution in [0.2, 0.25) is 0 Å². The number of aromatic amines is 1. The van der Waals surface area contributed by atoms with Crippen LogP contribution in [0.3, 0.4) is 0 Å². The average Bonchev–Trinajstić information content (AvgIpc) is 3.40. The Morgan fingerprint density at radius 3 is 2.13 bits per heavy atom. The number of aryl methyl sites for hydroxylation is 2. The van der Waals surface area contributed by atoms with E-state index < -0.39 is 63.3 Å². The molecule has 1 aliphatic heterocycles. The number of nitrogens with one attached hydrogen (secondary N) is 1. The van der Waals surface area contributed by atoms with Gasteiger partial charge in [0.15, 0.2) is 17.6 Å². The minimum Gasteiger partial charge on any atom is -0.466 e. The lowest BCUT2D eigenvalue weighted by Crippen LogP contribution is -2.64. The molecule has 1 aliphatic rings. The first-order chi connectivity index (χ1) is 26.1. The van der Waals surface area contributed by atoms with Gasteiger partial charge in [0.05, 0.1) is 31.3 Å². The summed E-state index contributed by atoms with van der Waals surface area (Å²) in [6.07, 6.45) is -1.60. The van der Waals surface area contributed by atoms with Crippen LogP contribution in [0.15, 0.2) is 106 Å². The zero-order valence-corrected chi connectivity index (χ0v) is 32.6. The summed E-state index contributed by atoms with van der Waals surface area (Å²) in [4.78, 5) is 40.7. The van der Waals surface area contributed by atoms with Gasteiger partial charge in [-0.2, -0.15) is 8.42 Å². The maximum Gasteiger partial charge on any atom is 0.330 e. The number of esters is 1. The van der Waals surface area contributed by atoms with Gasteiger partial charge in [0, 0.05) is 32.2 Å². The molecule has 0 amide bonds. The smallest absolute Gasteiger partial charge is 0.330 e. The van der Waals surface area contributed by atoms with Crippen molar-refractivity contribution in [3.63, 3.8) is 0 Å². The molecule has 0 unspecified atom stereocenters. The van der Waals surface area contributed by atoms with Crippen LogP contribution < -0.4 is 11.2 Å². The largest absolute Gasteiger partial charge is 0.466 e. The van der Waals surface area contributed by atoms with Gasteiger partial charge in [-0.3, -0.25) is 23.3 Å². The highest BCUT2D eigenvalue weighted by molar-refractivity contribution is 7.86. The van der Waals surface area contributed by atoms with Crippen molar-refractivity contribution < 1.29 is 45.8 Å². The van der Waals surface area contributed by atoms with Crippen LogP contribution >= 0.6 is 0 Å². The molecule has 296 valence electrons. The molecule has 0 spiro atoms. The summed E-state index contributed by atoms with van der Waals surface area (Å²) in [7, 11) is -3.02. The monoisotopic (exact) mass is 780 g/mol. The maximum atomic E-state index is 13.9. The Hall–Kier alpha value is -4.48. The van der Waals surface area contributed by atoms with E-state index in [1.165, 1.54) is 39.3 Å². The normalized spacial score (nSPS) is 21.4. The Morgan fingerprint density at radius 1 is 0.909 bits per heavy atom. The van der Waals surface area contributed by atoms with Crippen LogP contribution in [0.5, 0.6) is 0 Å². The van der Waals surface area contributed by atoms with E-state index in [1.807, 2.05) is 67.6 Å². The number of carbonyl (C=O) groups is 1. The SMILES string of the molecule is COC(C)(C)O[C@H]1[C@H](n2cc(C)c(=O)[nH]c2=O)O[C@@](COCc2ccccc2)(COS(=O)(=O)c2ccc(C)cc2)[C@@]1(CCOC(C)=O)OCc1ccccc1. The molecule has 15 heteroatoms. The molecule has 55 heavy (non-hydrogen) atoms. The fraction of sp³-hybridized carbons (Fsp3) is 0.425. The molecule has 4 aromatic rings. The van der Waals surface area contributed by atoms with Crippen molar-refractivity contribution in [2.45, 2.75) is 88.5 Å². The van der Waals surface area contributed by atoms with E-state index in [0.29, 0.717) is 0 Å². The highest BCUT2D eigenvalue weighted by Gasteiger charge is 2.70. The molecule has 4 atom stereocenters. The van der Waals surface area contributed by atoms with Crippen LogP contribution in [-0.4, -0.2) is 74.0 Å². The number of H-pyrrole nitrogens is 1. The molecule has 0 bridgehead atoms. The van der Waals surface area contributed by atoms with Crippen LogP contribution in [0.4, 0.5) is 0 Å². The predicted molar refractivity (Wildman–Crippen MR) is 201 cm³/mol. The second-order valence-electron chi connectivity index (χ2n) is 13.9. The first-order valence-corrected chi connectivity index (χ1v) is 19.1. The van der Waals surface area contributed by atoms with E-state index in [0.717, 1.165) is 21.3 Å². The van der Waals surface area contributed by atoms with Gasteiger partial charge in [0.1, 0.15) is 18.3 Å². The summed E-state index contributed by atoms with van der Waals surface area (Å²) < 4.78 is 73.1. The van der Waals surface area contributed by atoms with Crippen molar-refractivity contribution in [1.29, 1.82) is 0 Å². The summed E-state index contributed by atoms with van der Waals surface area (Å²) in [5, 5.41) is 0. The van der Waals surface area contributed by atoms with Crippen molar-refractivity contribution in [2.75, 3.05) is 26.9 Å². The lowest BCUT2D eigenvalue weighted by Gasteiger charge is -2.46. The topological polar surface area (TPSA) is 171 Å². The van der Waals surface area contributed by atoms with Gasteiger partial charge in [0.2, 0.25) is 0 Å². The number of nitrogens with zero attached hydrogens (tertiary/aromatic N) is 1. The van der Waals surface area contributed by atoms with Crippen molar-refractivity contribution in [3.8, 4) is 0 Å². The molecule has 0 radical (unpaired) electrons. The number of hydrogen-bond donors (Lipinski definition) is 1. The highest BCUT2D eigenvalue weighted by atomic mass is 32.2. The predicted octanol–water partition coefficient (Wildman–Crippen LogP) is 4.72. The number of rotatable bonds is 18. The van der Waals surface area contributed by atoms with Crippen LogP contribution in [0.1, 0.15) is 55.7 Å². The van der Waals surface area contributed by atoms with Crippen molar-refractivity contribution in [3.05, 3.63) is 134 Å². The maximum absolute atomic E-state index is 13.9. The molecule has 14 nitrogen and oxygen atoms in total.